The molecule has 0 atom stereocenters. The number of rotatable bonds is 2. The highest BCUT2D eigenvalue weighted by atomic mass is 35.5. The van der Waals surface area contributed by atoms with Crippen LogP contribution in [0.4, 0.5) is 0 Å². The van der Waals surface area contributed by atoms with Crippen molar-refractivity contribution in [3.8, 4) is 0 Å². The van der Waals surface area contributed by atoms with Gasteiger partial charge in [0.2, 0.25) is 0 Å². The predicted octanol–water partition coefficient (Wildman–Crippen LogP) is 4.33. The van der Waals surface area contributed by atoms with Crippen molar-refractivity contribution >= 4 is 28.9 Å². The van der Waals surface area contributed by atoms with Gasteiger partial charge in [-0.25, -0.2) is 0 Å². The number of halogens is 2. The zero-order chi connectivity index (χ0) is 12.3. The quantitative estimate of drug-likeness (QED) is 0.588. The van der Waals surface area contributed by atoms with Crippen molar-refractivity contribution in [2.45, 2.75) is 0 Å². The lowest BCUT2D eigenvalue weighted by Crippen LogP contribution is -2.02. The molecule has 2 rings (SSSR count). The Morgan fingerprint density at radius 2 is 1.12 bits per heavy atom. The molecule has 0 bridgehead atoms. The van der Waals surface area contributed by atoms with E-state index in [2.05, 4.69) is 5.16 Å². The number of benzene rings is 2. The minimum atomic E-state index is 0.373. The van der Waals surface area contributed by atoms with Crippen LogP contribution < -0.4 is 0 Å². The second-order valence-electron chi connectivity index (χ2n) is 3.45. The fourth-order valence-electron chi connectivity index (χ4n) is 1.49. The van der Waals surface area contributed by atoms with Crippen LogP contribution in [0, 0.1) is 5.21 Å². The Morgan fingerprint density at radius 1 is 0.765 bits per heavy atom. The van der Waals surface area contributed by atoms with Gasteiger partial charge in [0, 0.05) is 10.0 Å². The largest absolute Gasteiger partial charge is 0.791 e. The summed E-state index contributed by atoms with van der Waals surface area (Å²) in [6, 6.07) is 13.9. The maximum atomic E-state index is 10.9. The Hall–Kier alpha value is -1.51. The van der Waals surface area contributed by atoms with E-state index in [1.165, 1.54) is 0 Å². The van der Waals surface area contributed by atoms with Gasteiger partial charge in [-0.1, -0.05) is 47.5 Å². The van der Waals surface area contributed by atoms with Gasteiger partial charge in [0.1, 0.15) is 0 Å². The molecule has 0 saturated heterocycles. The van der Waals surface area contributed by atoms with Gasteiger partial charge in [-0.2, -0.15) is 0 Å². The van der Waals surface area contributed by atoms with Gasteiger partial charge in [0.25, 0.3) is 0 Å². The van der Waals surface area contributed by atoms with Crippen molar-refractivity contribution in [2.75, 3.05) is 0 Å². The van der Waals surface area contributed by atoms with Crippen LogP contribution in [0.5, 0.6) is 0 Å². The summed E-state index contributed by atoms with van der Waals surface area (Å²) >= 11 is 11.6. The van der Waals surface area contributed by atoms with E-state index in [0.29, 0.717) is 15.8 Å². The van der Waals surface area contributed by atoms with E-state index in [9.17, 15) is 5.21 Å². The lowest BCUT2D eigenvalue weighted by molar-refractivity contribution is 1.51. The van der Waals surface area contributed by atoms with Crippen molar-refractivity contribution in [3.05, 3.63) is 74.9 Å². The summed E-state index contributed by atoms with van der Waals surface area (Å²) in [5.41, 5.74) is 1.83. The van der Waals surface area contributed by atoms with Crippen molar-refractivity contribution in [1.82, 2.24) is 0 Å². The molecule has 2 nitrogen and oxygen atoms in total. The summed E-state index contributed by atoms with van der Waals surface area (Å²) in [6.07, 6.45) is 0. The normalized spacial score (nSPS) is 10.0. The topological polar surface area (TPSA) is 35.4 Å². The predicted molar refractivity (Wildman–Crippen MR) is 71.9 cm³/mol. The van der Waals surface area contributed by atoms with E-state index in [1.807, 2.05) is 0 Å². The van der Waals surface area contributed by atoms with Gasteiger partial charge < -0.3 is 10.4 Å². The van der Waals surface area contributed by atoms with Crippen LogP contribution >= 0.6 is 23.2 Å². The molecule has 0 aliphatic rings. The third kappa shape index (κ3) is 2.78. The number of hydrogen-bond acceptors (Lipinski definition) is 2. The van der Waals surface area contributed by atoms with E-state index in [4.69, 9.17) is 23.2 Å². The summed E-state index contributed by atoms with van der Waals surface area (Å²) in [6.45, 7) is 0. The smallest absolute Gasteiger partial charge is 0.0664 e. The third-order valence-electron chi connectivity index (χ3n) is 2.33. The molecule has 86 valence electrons. The van der Waals surface area contributed by atoms with Gasteiger partial charge >= 0.3 is 0 Å². The van der Waals surface area contributed by atoms with E-state index in [1.54, 1.807) is 48.5 Å². The Labute approximate surface area is 109 Å². The molecule has 0 aromatic heterocycles. The minimum absolute atomic E-state index is 0.373. The first kappa shape index (κ1) is 12.0. The standard InChI is InChI=1S/C13H9Cl2NO/c14-11-5-1-9(2-6-11)13(16-17)10-3-7-12(15)8-4-10/h1-8,17H/p-1. The molecule has 0 saturated carbocycles. The van der Waals surface area contributed by atoms with Gasteiger partial charge in [-0.05, 0) is 35.4 Å². The molecule has 0 unspecified atom stereocenters. The SMILES string of the molecule is [O-]N=C(c1ccc(Cl)cc1)c1ccc(Cl)cc1. The number of hydrogen-bond donors (Lipinski definition) is 0. The zero-order valence-corrected chi connectivity index (χ0v) is 10.2. The van der Waals surface area contributed by atoms with E-state index in [-0.39, 0.29) is 0 Å². The van der Waals surface area contributed by atoms with E-state index < -0.39 is 0 Å². The van der Waals surface area contributed by atoms with Crippen LogP contribution in [0.1, 0.15) is 11.1 Å². The Kier molecular flexibility index (Phi) is 3.67. The molecule has 17 heavy (non-hydrogen) atoms. The molecule has 0 spiro atoms. The molecule has 0 heterocycles. The zero-order valence-electron chi connectivity index (χ0n) is 8.73. The summed E-state index contributed by atoms with van der Waals surface area (Å²) in [5, 5.41) is 15.2. The van der Waals surface area contributed by atoms with Crippen LogP contribution in [0.3, 0.4) is 0 Å². The molecule has 4 heteroatoms. The van der Waals surface area contributed by atoms with Gasteiger partial charge in [0.05, 0.1) is 5.71 Å². The molecule has 0 aliphatic heterocycles. The number of nitrogens with zero attached hydrogens (tertiary/aromatic N) is 1. The molecule has 2 aromatic carbocycles. The van der Waals surface area contributed by atoms with E-state index in [0.717, 1.165) is 11.1 Å². The lowest BCUT2D eigenvalue weighted by Gasteiger charge is -2.09. The molecule has 0 amide bonds. The highest BCUT2D eigenvalue weighted by molar-refractivity contribution is 6.31. The third-order valence-corrected chi connectivity index (χ3v) is 2.83. The Bertz CT molecular complexity index is 485. The molecule has 0 N–H and O–H groups in total. The highest BCUT2D eigenvalue weighted by Crippen LogP contribution is 2.16. The van der Waals surface area contributed by atoms with E-state index >= 15 is 0 Å². The summed E-state index contributed by atoms with van der Waals surface area (Å²) in [5.74, 6) is 0. The second-order valence-corrected chi connectivity index (χ2v) is 4.33. The van der Waals surface area contributed by atoms with Crippen LogP contribution in [0.25, 0.3) is 0 Å². The van der Waals surface area contributed by atoms with Gasteiger partial charge in [-0.3, -0.25) is 0 Å². The van der Waals surface area contributed by atoms with Crippen LogP contribution in [0.2, 0.25) is 10.0 Å². The Balaban J connectivity index is 2.41. The van der Waals surface area contributed by atoms with Crippen molar-refractivity contribution < 1.29 is 0 Å². The maximum absolute atomic E-state index is 10.9. The molecule has 2 aromatic rings. The molecular formula is C13H8Cl2NO-. The molecule has 0 radical (unpaired) electrons. The van der Waals surface area contributed by atoms with Crippen LogP contribution in [-0.2, 0) is 0 Å². The first-order valence-corrected chi connectivity index (χ1v) is 5.68. The average Bonchev–Trinajstić information content (AvgIpc) is 2.35. The van der Waals surface area contributed by atoms with Crippen LogP contribution in [-0.4, -0.2) is 5.71 Å². The molecular weight excluding hydrogens is 257 g/mol. The monoisotopic (exact) mass is 264 g/mol. The summed E-state index contributed by atoms with van der Waals surface area (Å²) in [4.78, 5) is 0. The highest BCUT2D eigenvalue weighted by Gasteiger charge is 2.04. The van der Waals surface area contributed by atoms with Gasteiger partial charge in [-0.15, -0.1) is 0 Å². The lowest BCUT2D eigenvalue weighted by atomic mass is 10.0. The molecule has 0 fully saturated rings. The summed E-state index contributed by atoms with van der Waals surface area (Å²) < 4.78 is 0. The van der Waals surface area contributed by atoms with Crippen LogP contribution in [0.15, 0.2) is 53.7 Å². The first-order chi connectivity index (χ1) is 8.20. The van der Waals surface area contributed by atoms with Gasteiger partial charge in [0.15, 0.2) is 0 Å². The average molecular weight is 265 g/mol. The minimum Gasteiger partial charge on any atom is -0.791 e. The van der Waals surface area contributed by atoms with Crippen molar-refractivity contribution in [3.63, 3.8) is 0 Å². The fourth-order valence-corrected chi connectivity index (χ4v) is 1.74. The maximum Gasteiger partial charge on any atom is 0.0664 e. The Morgan fingerprint density at radius 3 is 1.41 bits per heavy atom. The fraction of sp³-hybridized carbons (Fsp3) is 0. The van der Waals surface area contributed by atoms with Crippen molar-refractivity contribution in [2.24, 2.45) is 5.16 Å². The first-order valence-electron chi connectivity index (χ1n) is 4.93. The molecule has 0 aliphatic carbocycles. The van der Waals surface area contributed by atoms with Crippen molar-refractivity contribution in [1.29, 1.82) is 0 Å². The summed E-state index contributed by atoms with van der Waals surface area (Å²) in [7, 11) is 0. The second kappa shape index (κ2) is 5.21.